The molecule has 4 aromatic rings. The maximum atomic E-state index is 13.1. The van der Waals surface area contributed by atoms with Crippen molar-refractivity contribution in [2.24, 2.45) is 0 Å². The zero-order valence-corrected chi connectivity index (χ0v) is 25.5. The molecular weight excluding hydrogens is 578 g/mol. The molecule has 230 valence electrons. The van der Waals surface area contributed by atoms with E-state index in [2.05, 4.69) is 10.2 Å². The summed E-state index contributed by atoms with van der Waals surface area (Å²) in [5.74, 6) is 0. The SMILES string of the molecule is O=C(OCc1ccccc1)N1CCNCCN(C(=O)OCc2ccccc2)CCN(Cc2ccc3cc(Cl)ccc3n2)CC1. The Morgan fingerprint density at radius 1 is 0.705 bits per heavy atom. The Hall–Kier alpha value is -4.18. The zero-order valence-electron chi connectivity index (χ0n) is 24.7. The van der Waals surface area contributed by atoms with Crippen molar-refractivity contribution >= 4 is 34.7 Å². The van der Waals surface area contributed by atoms with Gasteiger partial charge in [0.1, 0.15) is 13.2 Å². The van der Waals surface area contributed by atoms with Crippen LogP contribution in [0.4, 0.5) is 9.59 Å². The minimum absolute atomic E-state index is 0.221. The zero-order chi connectivity index (χ0) is 30.6. The normalized spacial score (nSPS) is 15.3. The third kappa shape index (κ3) is 9.41. The highest BCUT2D eigenvalue weighted by Crippen LogP contribution is 2.19. The Bertz CT molecular complexity index is 1440. The molecule has 44 heavy (non-hydrogen) atoms. The quantitative estimate of drug-likeness (QED) is 0.303. The van der Waals surface area contributed by atoms with Crippen LogP contribution in [-0.2, 0) is 29.2 Å². The topological polar surface area (TPSA) is 87.2 Å². The highest BCUT2D eigenvalue weighted by molar-refractivity contribution is 6.31. The molecule has 0 spiro atoms. The molecule has 1 saturated heterocycles. The molecule has 0 radical (unpaired) electrons. The van der Waals surface area contributed by atoms with E-state index < -0.39 is 0 Å². The van der Waals surface area contributed by atoms with Crippen molar-refractivity contribution < 1.29 is 19.1 Å². The number of halogens is 1. The van der Waals surface area contributed by atoms with Crippen molar-refractivity contribution in [2.45, 2.75) is 19.8 Å². The molecule has 0 aliphatic carbocycles. The van der Waals surface area contributed by atoms with E-state index >= 15 is 0 Å². The Kier molecular flexibility index (Phi) is 11.4. The molecule has 1 aliphatic rings. The lowest BCUT2D eigenvalue weighted by atomic mass is 10.2. The maximum absolute atomic E-state index is 13.1. The molecule has 2 heterocycles. The van der Waals surface area contributed by atoms with Crippen LogP contribution in [-0.4, -0.2) is 84.2 Å². The van der Waals surface area contributed by atoms with E-state index in [1.165, 1.54) is 0 Å². The van der Waals surface area contributed by atoms with Crippen molar-refractivity contribution in [1.82, 2.24) is 25.0 Å². The number of rotatable bonds is 6. The van der Waals surface area contributed by atoms with Gasteiger partial charge in [0.05, 0.1) is 11.2 Å². The van der Waals surface area contributed by atoms with E-state index in [0.29, 0.717) is 63.9 Å². The molecule has 1 N–H and O–H groups in total. The highest BCUT2D eigenvalue weighted by atomic mass is 35.5. The second kappa shape index (κ2) is 16.0. The first kappa shape index (κ1) is 31.3. The third-order valence-corrected chi connectivity index (χ3v) is 7.75. The largest absolute Gasteiger partial charge is 0.445 e. The number of nitrogens with zero attached hydrogens (tertiary/aromatic N) is 4. The number of ether oxygens (including phenoxy) is 2. The minimum Gasteiger partial charge on any atom is -0.445 e. The molecule has 1 fully saturated rings. The van der Waals surface area contributed by atoms with Crippen LogP contribution in [0.5, 0.6) is 0 Å². The van der Waals surface area contributed by atoms with Gasteiger partial charge in [-0.2, -0.15) is 0 Å². The summed E-state index contributed by atoms with van der Waals surface area (Å²) in [4.78, 5) is 36.8. The molecule has 1 aromatic heterocycles. The standard InChI is InChI=1S/C34H38ClN5O4/c35-30-12-14-32-29(23-30)11-13-31(37-32)24-38-19-21-39(33(41)43-25-27-7-3-1-4-8-27)17-15-36-16-18-40(22-20-38)34(42)44-26-28-9-5-2-6-10-28/h1-14,23,36H,15-22,24-26H2. The molecule has 10 heteroatoms. The number of aromatic nitrogens is 1. The summed E-state index contributed by atoms with van der Waals surface area (Å²) in [5.41, 5.74) is 3.64. The van der Waals surface area contributed by atoms with Gasteiger partial charge >= 0.3 is 12.2 Å². The van der Waals surface area contributed by atoms with Crippen LogP contribution < -0.4 is 5.32 Å². The number of carbonyl (C=O) groups excluding carboxylic acids is 2. The second-order valence-corrected chi connectivity index (χ2v) is 11.2. The fourth-order valence-corrected chi connectivity index (χ4v) is 5.19. The lowest BCUT2D eigenvalue weighted by Crippen LogP contribution is -2.47. The summed E-state index contributed by atoms with van der Waals surface area (Å²) >= 11 is 6.17. The van der Waals surface area contributed by atoms with E-state index in [9.17, 15) is 9.59 Å². The molecule has 0 bridgehead atoms. The smallest absolute Gasteiger partial charge is 0.410 e. The number of nitrogens with one attached hydrogen (secondary N) is 1. The number of hydrogen-bond acceptors (Lipinski definition) is 7. The Morgan fingerprint density at radius 2 is 1.27 bits per heavy atom. The molecule has 2 amide bonds. The first-order chi connectivity index (χ1) is 21.5. The second-order valence-electron chi connectivity index (χ2n) is 10.7. The molecule has 9 nitrogen and oxygen atoms in total. The number of hydrogen-bond donors (Lipinski definition) is 1. The van der Waals surface area contributed by atoms with Gasteiger partial charge in [-0.05, 0) is 35.4 Å². The lowest BCUT2D eigenvalue weighted by Gasteiger charge is -2.31. The van der Waals surface area contributed by atoms with E-state index in [1.807, 2.05) is 91.0 Å². The van der Waals surface area contributed by atoms with Crippen LogP contribution in [0.1, 0.15) is 16.8 Å². The average molecular weight is 616 g/mol. The van der Waals surface area contributed by atoms with Gasteiger partial charge in [0.2, 0.25) is 0 Å². The van der Waals surface area contributed by atoms with E-state index in [1.54, 1.807) is 9.80 Å². The number of benzene rings is 3. The molecular formula is C34H38ClN5O4. The monoisotopic (exact) mass is 615 g/mol. The average Bonchev–Trinajstić information content (AvgIpc) is 3.05. The van der Waals surface area contributed by atoms with Crippen molar-refractivity contribution in [3.63, 3.8) is 0 Å². The summed E-state index contributed by atoms with van der Waals surface area (Å²) in [6.07, 6.45) is -0.695. The van der Waals surface area contributed by atoms with Crippen molar-refractivity contribution in [3.05, 3.63) is 113 Å². The summed E-state index contributed by atoms with van der Waals surface area (Å²) in [5, 5.41) is 5.00. The predicted molar refractivity (Wildman–Crippen MR) is 171 cm³/mol. The summed E-state index contributed by atoms with van der Waals surface area (Å²) in [6, 6.07) is 29.0. The van der Waals surface area contributed by atoms with Crippen molar-refractivity contribution in [1.29, 1.82) is 0 Å². The number of pyridine rings is 1. The summed E-state index contributed by atoms with van der Waals surface area (Å²) in [6.45, 7) is 5.19. The fourth-order valence-electron chi connectivity index (χ4n) is 5.01. The summed E-state index contributed by atoms with van der Waals surface area (Å²) < 4.78 is 11.3. The van der Waals surface area contributed by atoms with Gasteiger partial charge in [0.15, 0.2) is 0 Å². The molecule has 1 aliphatic heterocycles. The molecule has 5 rings (SSSR count). The maximum Gasteiger partial charge on any atom is 0.410 e. The van der Waals surface area contributed by atoms with Gasteiger partial charge in [-0.15, -0.1) is 0 Å². The summed E-state index contributed by atoms with van der Waals surface area (Å²) in [7, 11) is 0. The van der Waals surface area contributed by atoms with E-state index in [-0.39, 0.29) is 25.4 Å². The highest BCUT2D eigenvalue weighted by Gasteiger charge is 2.21. The fraction of sp³-hybridized carbons (Fsp3) is 0.324. The van der Waals surface area contributed by atoms with E-state index in [0.717, 1.165) is 27.7 Å². The van der Waals surface area contributed by atoms with Crippen LogP contribution in [0.3, 0.4) is 0 Å². The van der Waals surface area contributed by atoms with Crippen LogP contribution in [0, 0.1) is 0 Å². The van der Waals surface area contributed by atoms with Crippen molar-refractivity contribution in [2.75, 3.05) is 52.4 Å². The lowest BCUT2D eigenvalue weighted by molar-refractivity contribution is 0.0814. The molecule has 0 unspecified atom stereocenters. The molecule has 0 atom stereocenters. The first-order valence-corrected chi connectivity index (χ1v) is 15.3. The van der Waals surface area contributed by atoms with Gasteiger partial charge in [0.25, 0.3) is 0 Å². The first-order valence-electron chi connectivity index (χ1n) is 14.9. The van der Waals surface area contributed by atoms with Crippen LogP contribution in [0.2, 0.25) is 5.02 Å². The molecule has 3 aromatic carbocycles. The van der Waals surface area contributed by atoms with Crippen LogP contribution in [0.15, 0.2) is 91.0 Å². The minimum atomic E-state index is -0.348. The van der Waals surface area contributed by atoms with Gasteiger partial charge < -0.3 is 24.6 Å². The Labute approximate surface area is 263 Å². The molecule has 0 saturated carbocycles. The van der Waals surface area contributed by atoms with Gasteiger partial charge in [-0.1, -0.05) is 78.3 Å². The van der Waals surface area contributed by atoms with Crippen molar-refractivity contribution in [3.8, 4) is 0 Å². The van der Waals surface area contributed by atoms with Gasteiger partial charge in [0, 0.05) is 69.3 Å². The van der Waals surface area contributed by atoms with Gasteiger partial charge in [-0.3, -0.25) is 9.88 Å². The van der Waals surface area contributed by atoms with Gasteiger partial charge in [-0.25, -0.2) is 9.59 Å². The number of amides is 2. The van der Waals surface area contributed by atoms with E-state index in [4.69, 9.17) is 26.1 Å². The predicted octanol–water partition coefficient (Wildman–Crippen LogP) is 5.57. The third-order valence-electron chi connectivity index (χ3n) is 7.51. The number of carbonyl (C=O) groups is 2. The van der Waals surface area contributed by atoms with Crippen LogP contribution in [0.25, 0.3) is 10.9 Å². The Balaban J connectivity index is 1.27. The number of fused-ring (bicyclic) bond motifs is 1. The van der Waals surface area contributed by atoms with Crippen LogP contribution >= 0.6 is 11.6 Å². The Morgan fingerprint density at radius 3 is 1.84 bits per heavy atom.